The van der Waals surface area contributed by atoms with E-state index in [1.54, 1.807) is 6.08 Å². The van der Waals surface area contributed by atoms with E-state index in [0.717, 1.165) is 6.07 Å². The molecule has 3 N–H and O–H groups in total. The van der Waals surface area contributed by atoms with E-state index in [-0.39, 0.29) is 16.8 Å². The molecule has 0 atom stereocenters. The van der Waals surface area contributed by atoms with Crippen LogP contribution >= 0.6 is 11.6 Å². The number of nitrogen functional groups attached to an aromatic ring is 1. The van der Waals surface area contributed by atoms with Gasteiger partial charge >= 0.3 is 5.97 Å². The Kier molecular flexibility index (Phi) is 4.31. The zero-order chi connectivity index (χ0) is 12.1. The van der Waals surface area contributed by atoms with Crippen LogP contribution in [-0.4, -0.2) is 17.0 Å². The summed E-state index contributed by atoms with van der Waals surface area (Å²) in [7, 11) is 0. The number of hydrogen-bond acceptors (Lipinski definition) is 2. The van der Waals surface area contributed by atoms with Crippen LogP contribution in [0.15, 0.2) is 18.2 Å². The summed E-state index contributed by atoms with van der Waals surface area (Å²) in [6.45, 7) is 0. The zero-order valence-corrected chi connectivity index (χ0v) is 9.17. The number of alkyl halides is 1. The van der Waals surface area contributed by atoms with Gasteiger partial charge in [-0.05, 0) is 18.6 Å². The van der Waals surface area contributed by atoms with E-state index in [1.807, 2.05) is 0 Å². The Hall–Kier alpha value is -1.55. The Balaban J connectivity index is 3.09. The molecule has 0 saturated heterocycles. The van der Waals surface area contributed by atoms with Crippen molar-refractivity contribution in [3.63, 3.8) is 0 Å². The molecule has 1 aromatic rings. The van der Waals surface area contributed by atoms with Gasteiger partial charge in [0.05, 0.1) is 5.56 Å². The molecule has 5 heteroatoms. The largest absolute Gasteiger partial charge is 0.478 e. The Morgan fingerprint density at radius 3 is 2.81 bits per heavy atom. The molecule has 0 bridgehead atoms. The molecule has 0 aliphatic carbocycles. The fraction of sp³-hybridized carbons (Fsp3) is 0.182. The van der Waals surface area contributed by atoms with Crippen molar-refractivity contribution in [2.45, 2.75) is 6.42 Å². The molecule has 0 amide bonds. The maximum atomic E-state index is 13.4. The maximum absolute atomic E-state index is 13.4. The molecule has 16 heavy (non-hydrogen) atoms. The second-order valence-corrected chi connectivity index (χ2v) is 3.52. The fourth-order valence-electron chi connectivity index (χ4n) is 1.19. The van der Waals surface area contributed by atoms with Gasteiger partial charge in [0.15, 0.2) is 0 Å². The van der Waals surface area contributed by atoms with Crippen molar-refractivity contribution in [1.29, 1.82) is 0 Å². The average molecular weight is 244 g/mol. The number of allylic oxidation sites excluding steroid dienone is 1. The Morgan fingerprint density at radius 2 is 2.25 bits per heavy atom. The van der Waals surface area contributed by atoms with Crippen molar-refractivity contribution in [1.82, 2.24) is 0 Å². The standard InChI is InChI=1S/C11H11ClFNO2/c12-4-2-1-3-7-5-8(11(15)16)10(14)6-9(7)13/h1,3,5-6H,2,4,14H2,(H,15,16). The first-order chi connectivity index (χ1) is 7.56. The molecule has 0 fully saturated rings. The lowest BCUT2D eigenvalue weighted by Gasteiger charge is -2.03. The average Bonchev–Trinajstić information content (AvgIpc) is 2.21. The molecular weight excluding hydrogens is 233 g/mol. The van der Waals surface area contributed by atoms with Crippen molar-refractivity contribution in [3.05, 3.63) is 35.2 Å². The number of halogens is 2. The van der Waals surface area contributed by atoms with Gasteiger partial charge in [0.1, 0.15) is 5.82 Å². The van der Waals surface area contributed by atoms with E-state index < -0.39 is 11.8 Å². The number of anilines is 1. The number of hydrogen-bond donors (Lipinski definition) is 2. The predicted molar refractivity (Wildman–Crippen MR) is 62.1 cm³/mol. The van der Waals surface area contributed by atoms with Crippen molar-refractivity contribution < 1.29 is 14.3 Å². The molecule has 0 radical (unpaired) electrons. The van der Waals surface area contributed by atoms with Gasteiger partial charge in [-0.2, -0.15) is 0 Å². The third kappa shape index (κ3) is 2.97. The number of benzene rings is 1. The number of nitrogens with two attached hydrogens (primary N) is 1. The first kappa shape index (κ1) is 12.5. The highest BCUT2D eigenvalue weighted by Crippen LogP contribution is 2.19. The van der Waals surface area contributed by atoms with E-state index in [9.17, 15) is 9.18 Å². The van der Waals surface area contributed by atoms with Gasteiger partial charge in [-0.25, -0.2) is 9.18 Å². The van der Waals surface area contributed by atoms with E-state index in [4.69, 9.17) is 22.4 Å². The van der Waals surface area contributed by atoms with Crippen LogP contribution in [0, 0.1) is 5.82 Å². The van der Waals surface area contributed by atoms with Crippen LogP contribution in [0.1, 0.15) is 22.3 Å². The molecule has 3 nitrogen and oxygen atoms in total. The Bertz CT molecular complexity index is 432. The molecule has 0 unspecified atom stereocenters. The number of carboxylic acid groups (broad SMARTS) is 1. The molecule has 86 valence electrons. The van der Waals surface area contributed by atoms with E-state index in [0.29, 0.717) is 12.3 Å². The lowest BCUT2D eigenvalue weighted by atomic mass is 10.1. The second-order valence-electron chi connectivity index (χ2n) is 3.15. The summed E-state index contributed by atoms with van der Waals surface area (Å²) in [5, 5.41) is 8.80. The second kappa shape index (κ2) is 5.51. The topological polar surface area (TPSA) is 63.3 Å². The summed E-state index contributed by atoms with van der Waals surface area (Å²) in [6.07, 6.45) is 3.75. The van der Waals surface area contributed by atoms with Crippen molar-refractivity contribution >= 4 is 29.3 Å². The van der Waals surface area contributed by atoms with Gasteiger partial charge in [0, 0.05) is 17.1 Å². The minimum absolute atomic E-state index is 0.0838. The van der Waals surface area contributed by atoms with Crippen molar-refractivity contribution in [2.75, 3.05) is 11.6 Å². The predicted octanol–water partition coefficient (Wildman–Crippen LogP) is 2.75. The molecule has 0 aliphatic rings. The minimum atomic E-state index is -1.18. The normalized spacial score (nSPS) is 10.9. The number of carbonyl (C=O) groups is 1. The molecule has 0 heterocycles. The first-order valence-electron chi connectivity index (χ1n) is 4.61. The lowest BCUT2D eigenvalue weighted by molar-refractivity contribution is 0.0698. The van der Waals surface area contributed by atoms with Crippen molar-refractivity contribution in [2.24, 2.45) is 0 Å². The van der Waals surface area contributed by atoms with Crippen LogP contribution in [0.2, 0.25) is 0 Å². The van der Waals surface area contributed by atoms with E-state index in [1.165, 1.54) is 12.1 Å². The van der Waals surface area contributed by atoms with Crippen LogP contribution in [0.4, 0.5) is 10.1 Å². The monoisotopic (exact) mass is 243 g/mol. The molecule has 1 rings (SSSR count). The molecule has 0 aliphatic heterocycles. The molecular formula is C11H11ClFNO2. The minimum Gasteiger partial charge on any atom is -0.478 e. The fourth-order valence-corrected chi connectivity index (χ4v) is 1.32. The summed E-state index contributed by atoms with van der Waals surface area (Å²) in [5.74, 6) is -1.29. The zero-order valence-electron chi connectivity index (χ0n) is 8.41. The summed E-state index contributed by atoms with van der Waals surface area (Å²) in [6, 6.07) is 2.21. The van der Waals surface area contributed by atoms with Crippen LogP contribution < -0.4 is 5.73 Å². The van der Waals surface area contributed by atoms with Crippen LogP contribution in [-0.2, 0) is 0 Å². The van der Waals surface area contributed by atoms with E-state index >= 15 is 0 Å². The summed E-state index contributed by atoms with van der Waals surface area (Å²) in [5.41, 5.74) is 5.38. The molecule has 1 aromatic carbocycles. The molecule has 0 saturated carbocycles. The lowest BCUT2D eigenvalue weighted by Crippen LogP contribution is -2.04. The first-order valence-corrected chi connectivity index (χ1v) is 5.14. The van der Waals surface area contributed by atoms with Gasteiger partial charge in [0.25, 0.3) is 0 Å². The van der Waals surface area contributed by atoms with Gasteiger partial charge in [-0.1, -0.05) is 12.2 Å². The highest BCUT2D eigenvalue weighted by atomic mass is 35.5. The Labute approximate surface area is 97.3 Å². The number of rotatable bonds is 4. The number of carboxylic acids is 1. The summed E-state index contributed by atoms with van der Waals surface area (Å²) in [4.78, 5) is 10.8. The molecule has 0 spiro atoms. The van der Waals surface area contributed by atoms with Crippen LogP contribution in [0.5, 0.6) is 0 Å². The summed E-state index contributed by atoms with van der Waals surface area (Å²) < 4.78 is 13.4. The van der Waals surface area contributed by atoms with Gasteiger partial charge < -0.3 is 10.8 Å². The van der Waals surface area contributed by atoms with Crippen LogP contribution in [0.25, 0.3) is 6.08 Å². The SMILES string of the molecule is Nc1cc(F)c(C=CCCCl)cc1C(=O)O. The van der Waals surface area contributed by atoms with E-state index in [2.05, 4.69) is 0 Å². The summed E-state index contributed by atoms with van der Waals surface area (Å²) >= 11 is 5.46. The Morgan fingerprint density at radius 1 is 1.56 bits per heavy atom. The molecule has 0 aromatic heterocycles. The number of aromatic carboxylic acids is 1. The highest BCUT2D eigenvalue weighted by molar-refractivity contribution is 6.17. The quantitative estimate of drug-likeness (QED) is 0.631. The van der Waals surface area contributed by atoms with Crippen LogP contribution in [0.3, 0.4) is 0 Å². The van der Waals surface area contributed by atoms with Gasteiger partial charge in [-0.3, -0.25) is 0 Å². The highest BCUT2D eigenvalue weighted by Gasteiger charge is 2.11. The maximum Gasteiger partial charge on any atom is 0.337 e. The van der Waals surface area contributed by atoms with Crippen molar-refractivity contribution in [3.8, 4) is 0 Å². The third-order valence-corrected chi connectivity index (χ3v) is 2.19. The third-order valence-electron chi connectivity index (χ3n) is 1.97. The van der Waals surface area contributed by atoms with Gasteiger partial charge in [0.2, 0.25) is 0 Å². The van der Waals surface area contributed by atoms with Gasteiger partial charge in [-0.15, -0.1) is 11.6 Å². The smallest absolute Gasteiger partial charge is 0.337 e.